The molecule has 2 aromatic heterocycles. The van der Waals surface area contributed by atoms with Crippen molar-refractivity contribution < 1.29 is 13.9 Å². The molecule has 0 aliphatic heterocycles. The molecule has 0 fully saturated rings. The van der Waals surface area contributed by atoms with Crippen LogP contribution in [0.25, 0.3) is 0 Å². The summed E-state index contributed by atoms with van der Waals surface area (Å²) in [4.78, 5) is 12.1. The van der Waals surface area contributed by atoms with E-state index >= 15 is 0 Å². The fourth-order valence-electron chi connectivity index (χ4n) is 2.25. The van der Waals surface area contributed by atoms with Crippen LogP contribution in [0.2, 0.25) is 0 Å². The minimum Gasteiger partial charge on any atom is -0.495 e. The van der Waals surface area contributed by atoms with Gasteiger partial charge in [0.15, 0.2) is 11.5 Å². The van der Waals surface area contributed by atoms with Crippen LogP contribution in [0, 0.1) is 6.92 Å². The van der Waals surface area contributed by atoms with Crippen molar-refractivity contribution in [3.8, 4) is 5.75 Å². The van der Waals surface area contributed by atoms with E-state index in [1.54, 1.807) is 37.6 Å². The van der Waals surface area contributed by atoms with Crippen LogP contribution in [-0.4, -0.2) is 23.2 Å². The van der Waals surface area contributed by atoms with Crippen LogP contribution in [0.4, 0.5) is 11.5 Å². The van der Waals surface area contributed by atoms with E-state index in [0.717, 1.165) is 11.3 Å². The molecule has 1 amide bonds. The van der Waals surface area contributed by atoms with Gasteiger partial charge in [-0.05, 0) is 48.9 Å². The SMILES string of the molecule is COc1ccc(C)cc1Nc1ccc(C(=O)NCc2ccco2)nn1. The van der Waals surface area contributed by atoms with E-state index in [0.29, 0.717) is 23.9 Å². The van der Waals surface area contributed by atoms with Crippen LogP contribution >= 0.6 is 0 Å². The van der Waals surface area contributed by atoms with E-state index in [2.05, 4.69) is 20.8 Å². The number of amides is 1. The predicted molar refractivity (Wildman–Crippen MR) is 92.9 cm³/mol. The van der Waals surface area contributed by atoms with Crippen molar-refractivity contribution in [1.82, 2.24) is 15.5 Å². The van der Waals surface area contributed by atoms with E-state index in [1.807, 2.05) is 25.1 Å². The Hall–Kier alpha value is -3.35. The van der Waals surface area contributed by atoms with Gasteiger partial charge in [-0.3, -0.25) is 4.79 Å². The molecule has 0 bridgehead atoms. The van der Waals surface area contributed by atoms with Gasteiger partial charge in [0.2, 0.25) is 0 Å². The summed E-state index contributed by atoms with van der Waals surface area (Å²) in [6.07, 6.45) is 1.56. The van der Waals surface area contributed by atoms with Gasteiger partial charge in [0.25, 0.3) is 5.91 Å². The second-order valence-corrected chi connectivity index (χ2v) is 5.39. The van der Waals surface area contributed by atoms with Crippen LogP contribution < -0.4 is 15.4 Å². The van der Waals surface area contributed by atoms with Gasteiger partial charge in [-0.15, -0.1) is 10.2 Å². The lowest BCUT2D eigenvalue weighted by molar-refractivity contribution is 0.0942. The number of aryl methyl sites for hydroxylation is 1. The highest BCUT2D eigenvalue weighted by molar-refractivity contribution is 5.92. The second kappa shape index (κ2) is 7.48. The molecule has 0 unspecified atom stereocenters. The molecule has 0 atom stereocenters. The van der Waals surface area contributed by atoms with Gasteiger partial charge >= 0.3 is 0 Å². The number of nitrogens with one attached hydrogen (secondary N) is 2. The Morgan fingerprint density at radius 2 is 2.08 bits per heavy atom. The summed E-state index contributed by atoms with van der Waals surface area (Å²) in [5, 5.41) is 13.9. The predicted octanol–water partition coefficient (Wildman–Crippen LogP) is 3.06. The molecule has 2 N–H and O–H groups in total. The average molecular weight is 338 g/mol. The normalized spacial score (nSPS) is 10.3. The molecule has 128 valence electrons. The highest BCUT2D eigenvalue weighted by Gasteiger charge is 2.10. The summed E-state index contributed by atoms with van der Waals surface area (Å²) in [7, 11) is 1.61. The number of hydrogen-bond donors (Lipinski definition) is 2. The highest BCUT2D eigenvalue weighted by atomic mass is 16.5. The minimum atomic E-state index is -0.316. The molecule has 0 aliphatic rings. The standard InChI is InChI=1S/C18H18N4O3/c1-12-5-7-16(24-2)15(10-12)20-17-8-6-14(21-22-17)18(23)19-11-13-4-3-9-25-13/h3-10H,11H2,1-2H3,(H,19,23)(H,20,22). The Labute approximate surface area is 145 Å². The number of methoxy groups -OCH3 is 1. The first kappa shape index (κ1) is 16.5. The largest absolute Gasteiger partial charge is 0.495 e. The smallest absolute Gasteiger partial charge is 0.272 e. The van der Waals surface area contributed by atoms with Crippen LogP contribution in [0.15, 0.2) is 53.1 Å². The molecule has 0 saturated heterocycles. The number of rotatable bonds is 6. The summed E-state index contributed by atoms with van der Waals surface area (Å²) in [5.41, 5.74) is 2.10. The third-order valence-electron chi connectivity index (χ3n) is 3.52. The first-order valence-electron chi connectivity index (χ1n) is 7.71. The summed E-state index contributed by atoms with van der Waals surface area (Å²) in [5.74, 6) is 1.58. The maximum atomic E-state index is 12.1. The van der Waals surface area contributed by atoms with Gasteiger partial charge in [-0.1, -0.05) is 6.07 Å². The summed E-state index contributed by atoms with van der Waals surface area (Å²) >= 11 is 0. The maximum Gasteiger partial charge on any atom is 0.272 e. The number of carbonyl (C=O) groups is 1. The molecule has 7 heteroatoms. The number of hydrogen-bond acceptors (Lipinski definition) is 6. The number of furan rings is 1. The molecule has 0 aliphatic carbocycles. The van der Waals surface area contributed by atoms with E-state index < -0.39 is 0 Å². The first-order valence-corrected chi connectivity index (χ1v) is 7.71. The van der Waals surface area contributed by atoms with Crippen LogP contribution in [0.5, 0.6) is 5.75 Å². The van der Waals surface area contributed by atoms with Crippen molar-refractivity contribution in [3.05, 3.63) is 65.7 Å². The lowest BCUT2D eigenvalue weighted by Crippen LogP contribution is -2.23. The molecule has 3 rings (SSSR count). The number of aromatic nitrogens is 2. The van der Waals surface area contributed by atoms with Crippen molar-refractivity contribution in [2.75, 3.05) is 12.4 Å². The lowest BCUT2D eigenvalue weighted by Gasteiger charge is -2.11. The zero-order valence-electron chi connectivity index (χ0n) is 13.9. The first-order chi connectivity index (χ1) is 12.2. The van der Waals surface area contributed by atoms with Gasteiger partial charge < -0.3 is 19.8 Å². The number of carbonyl (C=O) groups excluding carboxylic acids is 1. The average Bonchev–Trinajstić information content (AvgIpc) is 3.14. The second-order valence-electron chi connectivity index (χ2n) is 5.39. The summed E-state index contributed by atoms with van der Waals surface area (Å²) in [6, 6.07) is 12.6. The molecular weight excluding hydrogens is 320 g/mol. The molecule has 1 aromatic carbocycles. The quantitative estimate of drug-likeness (QED) is 0.718. The maximum absolute atomic E-state index is 12.1. The monoisotopic (exact) mass is 338 g/mol. The van der Waals surface area contributed by atoms with Crippen LogP contribution in [0.1, 0.15) is 21.8 Å². The molecule has 25 heavy (non-hydrogen) atoms. The molecule has 0 saturated carbocycles. The van der Waals surface area contributed by atoms with E-state index in [1.165, 1.54) is 0 Å². The Kier molecular flexibility index (Phi) is 4.94. The van der Waals surface area contributed by atoms with Crippen molar-refractivity contribution in [2.24, 2.45) is 0 Å². The van der Waals surface area contributed by atoms with Crippen LogP contribution in [0.3, 0.4) is 0 Å². The minimum absolute atomic E-state index is 0.230. The zero-order chi connectivity index (χ0) is 17.6. The topological polar surface area (TPSA) is 89.3 Å². The third kappa shape index (κ3) is 4.14. The Balaban J connectivity index is 1.66. The Morgan fingerprint density at radius 1 is 1.20 bits per heavy atom. The lowest BCUT2D eigenvalue weighted by atomic mass is 10.2. The van der Waals surface area contributed by atoms with Crippen molar-refractivity contribution in [2.45, 2.75) is 13.5 Å². The molecule has 0 radical (unpaired) electrons. The number of benzene rings is 1. The Bertz CT molecular complexity index is 845. The molecule has 7 nitrogen and oxygen atoms in total. The van der Waals surface area contributed by atoms with Gasteiger partial charge in [-0.2, -0.15) is 0 Å². The van der Waals surface area contributed by atoms with E-state index in [9.17, 15) is 4.79 Å². The van der Waals surface area contributed by atoms with Gasteiger partial charge in [-0.25, -0.2) is 0 Å². The fraction of sp³-hybridized carbons (Fsp3) is 0.167. The highest BCUT2D eigenvalue weighted by Crippen LogP contribution is 2.27. The molecular formula is C18H18N4O3. The summed E-state index contributed by atoms with van der Waals surface area (Å²) < 4.78 is 10.5. The van der Waals surface area contributed by atoms with Gasteiger partial charge in [0, 0.05) is 0 Å². The number of anilines is 2. The summed E-state index contributed by atoms with van der Waals surface area (Å²) in [6.45, 7) is 2.29. The Morgan fingerprint density at radius 3 is 2.76 bits per heavy atom. The number of ether oxygens (including phenoxy) is 1. The van der Waals surface area contributed by atoms with Gasteiger partial charge in [0.1, 0.15) is 11.5 Å². The zero-order valence-corrected chi connectivity index (χ0v) is 13.9. The molecule has 3 aromatic rings. The van der Waals surface area contributed by atoms with Crippen molar-refractivity contribution in [1.29, 1.82) is 0 Å². The van der Waals surface area contributed by atoms with E-state index in [-0.39, 0.29) is 11.6 Å². The molecule has 0 spiro atoms. The third-order valence-corrected chi connectivity index (χ3v) is 3.52. The van der Waals surface area contributed by atoms with Gasteiger partial charge in [0.05, 0.1) is 25.6 Å². The fourth-order valence-corrected chi connectivity index (χ4v) is 2.25. The van der Waals surface area contributed by atoms with Crippen molar-refractivity contribution in [3.63, 3.8) is 0 Å². The van der Waals surface area contributed by atoms with E-state index in [4.69, 9.17) is 9.15 Å². The van der Waals surface area contributed by atoms with Crippen LogP contribution in [-0.2, 0) is 6.54 Å². The number of nitrogens with zero attached hydrogens (tertiary/aromatic N) is 2. The molecule has 2 heterocycles. The van der Waals surface area contributed by atoms with Crippen molar-refractivity contribution >= 4 is 17.4 Å².